The average Bonchev–Trinajstić information content (AvgIpc) is 3.52. The van der Waals surface area contributed by atoms with Crippen LogP contribution in [0.5, 0.6) is 0 Å². The molecule has 4 aliphatic rings. The SMILES string of the molecule is CC1CCC(C(C)N/N=N\C2(C)CN(C3CN(C)NC4OC4C3C)CCC2C)C(C(F)(F)F)C1. The molecule has 0 aromatic rings. The molecule has 0 spiro atoms. The van der Waals surface area contributed by atoms with E-state index in [-0.39, 0.29) is 30.7 Å². The minimum atomic E-state index is -4.17. The number of hydrogen-bond acceptors (Lipinski definition) is 6. The van der Waals surface area contributed by atoms with Crippen LogP contribution in [0, 0.1) is 29.6 Å². The molecule has 0 bridgehead atoms. The summed E-state index contributed by atoms with van der Waals surface area (Å²) < 4.78 is 46.9. The van der Waals surface area contributed by atoms with Gasteiger partial charge in [-0.2, -0.15) is 18.3 Å². The number of fused-ring (bicyclic) bond motifs is 1. The number of epoxide rings is 1. The Hall–Kier alpha value is -0.970. The Bertz CT molecular complexity index is 738. The molecule has 0 aromatic heterocycles. The van der Waals surface area contributed by atoms with Gasteiger partial charge in [0.2, 0.25) is 0 Å². The fourth-order valence-electron chi connectivity index (χ4n) is 6.45. The van der Waals surface area contributed by atoms with Gasteiger partial charge in [0, 0.05) is 38.1 Å². The minimum Gasteiger partial charge on any atom is -0.352 e. The van der Waals surface area contributed by atoms with E-state index < -0.39 is 23.6 Å². The first-order valence-corrected chi connectivity index (χ1v) is 13.0. The van der Waals surface area contributed by atoms with Crippen LogP contribution in [-0.4, -0.2) is 72.7 Å². The molecular weight excluding hydrogens is 445 g/mol. The molecule has 10 unspecified atom stereocenters. The predicted octanol–water partition coefficient (Wildman–Crippen LogP) is 4.23. The van der Waals surface area contributed by atoms with E-state index in [1.165, 1.54) is 0 Å². The van der Waals surface area contributed by atoms with Gasteiger partial charge in [-0.05, 0) is 57.4 Å². The van der Waals surface area contributed by atoms with Gasteiger partial charge in [-0.3, -0.25) is 10.3 Å². The van der Waals surface area contributed by atoms with E-state index in [0.29, 0.717) is 24.3 Å². The monoisotopic (exact) mass is 488 g/mol. The summed E-state index contributed by atoms with van der Waals surface area (Å²) in [6.45, 7) is 13.0. The van der Waals surface area contributed by atoms with Crippen LogP contribution in [0.25, 0.3) is 0 Å². The van der Waals surface area contributed by atoms with E-state index in [1.807, 2.05) is 13.8 Å². The van der Waals surface area contributed by atoms with Gasteiger partial charge in [-0.1, -0.05) is 32.4 Å². The van der Waals surface area contributed by atoms with E-state index in [4.69, 9.17) is 9.85 Å². The minimum absolute atomic E-state index is 0.113. The molecule has 2 N–H and O–H groups in total. The maximum Gasteiger partial charge on any atom is 0.392 e. The number of nitrogens with one attached hydrogen (secondary N) is 2. The van der Waals surface area contributed by atoms with Gasteiger partial charge in [0.05, 0.1) is 11.5 Å². The highest BCUT2D eigenvalue weighted by atomic mass is 19.4. The lowest BCUT2D eigenvalue weighted by molar-refractivity contribution is -0.202. The highest BCUT2D eigenvalue weighted by Crippen LogP contribution is 2.45. The normalized spacial score (nSPS) is 45.6. The van der Waals surface area contributed by atoms with E-state index in [0.717, 1.165) is 32.5 Å². The quantitative estimate of drug-likeness (QED) is 0.345. The lowest BCUT2D eigenvalue weighted by Gasteiger charge is -2.46. The predicted molar refractivity (Wildman–Crippen MR) is 125 cm³/mol. The summed E-state index contributed by atoms with van der Waals surface area (Å²) >= 11 is 0. The average molecular weight is 489 g/mol. The molecular formula is C24H43F3N6O. The van der Waals surface area contributed by atoms with Crippen LogP contribution in [0.15, 0.2) is 10.3 Å². The summed E-state index contributed by atoms with van der Waals surface area (Å²) in [6, 6.07) is -0.0206. The summed E-state index contributed by atoms with van der Waals surface area (Å²) in [7, 11) is 2.06. The summed E-state index contributed by atoms with van der Waals surface area (Å²) in [5.41, 5.74) is 6.00. The van der Waals surface area contributed by atoms with Gasteiger partial charge in [0.1, 0.15) is 12.3 Å². The first-order valence-electron chi connectivity index (χ1n) is 13.0. The van der Waals surface area contributed by atoms with Gasteiger partial charge in [-0.25, -0.2) is 10.4 Å². The summed E-state index contributed by atoms with van der Waals surface area (Å²) in [5.74, 6) is -0.885. The van der Waals surface area contributed by atoms with Gasteiger partial charge in [-0.15, -0.1) is 0 Å². The number of nitrogens with zero attached hydrogens (tertiary/aromatic N) is 4. The number of hydrogen-bond donors (Lipinski definition) is 2. The van der Waals surface area contributed by atoms with Crippen molar-refractivity contribution in [3.05, 3.63) is 0 Å². The maximum absolute atomic E-state index is 13.7. The lowest BCUT2D eigenvalue weighted by Crippen LogP contribution is -2.57. The highest BCUT2D eigenvalue weighted by Gasteiger charge is 2.52. The molecule has 7 nitrogen and oxygen atoms in total. The number of alkyl halides is 3. The molecule has 3 saturated heterocycles. The zero-order chi connectivity index (χ0) is 24.8. The van der Waals surface area contributed by atoms with E-state index in [9.17, 15) is 13.2 Å². The van der Waals surface area contributed by atoms with Crippen LogP contribution >= 0.6 is 0 Å². The van der Waals surface area contributed by atoms with E-state index in [1.54, 1.807) is 0 Å². The summed E-state index contributed by atoms with van der Waals surface area (Å²) in [4.78, 5) is 2.51. The van der Waals surface area contributed by atoms with Crippen molar-refractivity contribution in [3.63, 3.8) is 0 Å². The highest BCUT2D eigenvalue weighted by molar-refractivity contribution is 5.02. The Kier molecular flexibility index (Phi) is 7.54. The number of likely N-dealkylation sites (tertiary alicyclic amines) is 1. The first kappa shape index (κ1) is 26.1. The fraction of sp³-hybridized carbons (Fsp3) is 1.00. The Morgan fingerprint density at radius 3 is 2.62 bits per heavy atom. The number of halogens is 3. The largest absolute Gasteiger partial charge is 0.392 e. The third-order valence-electron chi connectivity index (χ3n) is 9.13. The van der Waals surface area contributed by atoms with Crippen molar-refractivity contribution >= 4 is 0 Å². The van der Waals surface area contributed by atoms with E-state index in [2.05, 4.69) is 53.8 Å². The van der Waals surface area contributed by atoms with Crippen molar-refractivity contribution in [1.29, 1.82) is 0 Å². The third-order valence-corrected chi connectivity index (χ3v) is 9.13. The summed E-state index contributed by atoms with van der Waals surface area (Å²) in [6.07, 6.45) is -1.19. The smallest absolute Gasteiger partial charge is 0.352 e. The first-order chi connectivity index (χ1) is 15.9. The molecule has 196 valence electrons. The van der Waals surface area contributed by atoms with Crippen LogP contribution in [-0.2, 0) is 4.74 Å². The zero-order valence-corrected chi connectivity index (χ0v) is 21.5. The molecule has 1 aliphatic carbocycles. The Morgan fingerprint density at radius 2 is 1.91 bits per heavy atom. The number of hydrazine groups is 1. The Balaban J connectivity index is 1.40. The standard InChI is InChI=1S/C24H43F3N6O/c1-14-7-8-18(19(11-14)24(25,26)27)17(4)28-31-30-23(5)13-33(10-9-15(23)2)20-12-32(6)29-22-21(34-22)16(20)3/h14-22,29H,7-13H2,1-6H3,(H,28,30). The molecule has 3 aliphatic heterocycles. The Labute approximate surface area is 202 Å². The molecule has 10 heteroatoms. The molecule has 10 atom stereocenters. The van der Waals surface area contributed by atoms with Crippen LogP contribution in [0.2, 0.25) is 0 Å². The van der Waals surface area contributed by atoms with Crippen LogP contribution in [0.3, 0.4) is 0 Å². The second-order valence-corrected chi connectivity index (χ2v) is 11.8. The molecule has 0 amide bonds. The van der Waals surface area contributed by atoms with Crippen molar-refractivity contribution in [2.24, 2.45) is 39.9 Å². The number of ether oxygens (including phenoxy) is 1. The number of likely N-dealkylation sites (N-methyl/N-ethyl adjacent to an activating group) is 1. The number of piperidine rings is 1. The second kappa shape index (κ2) is 9.82. The topological polar surface area (TPSA) is 67.8 Å². The van der Waals surface area contributed by atoms with Crippen molar-refractivity contribution in [2.75, 3.05) is 26.7 Å². The zero-order valence-electron chi connectivity index (χ0n) is 21.5. The lowest BCUT2D eigenvalue weighted by atomic mass is 9.71. The fourth-order valence-corrected chi connectivity index (χ4v) is 6.45. The molecule has 0 aromatic carbocycles. The Morgan fingerprint density at radius 1 is 1.18 bits per heavy atom. The summed E-state index contributed by atoms with van der Waals surface area (Å²) in [5, 5.41) is 11.1. The van der Waals surface area contributed by atoms with Gasteiger partial charge >= 0.3 is 6.18 Å². The van der Waals surface area contributed by atoms with Crippen LogP contribution in [0.4, 0.5) is 13.2 Å². The van der Waals surface area contributed by atoms with Gasteiger partial charge in [0.25, 0.3) is 0 Å². The third kappa shape index (κ3) is 5.55. The molecule has 4 rings (SSSR count). The molecule has 1 saturated carbocycles. The molecule has 3 heterocycles. The van der Waals surface area contributed by atoms with Crippen LogP contribution < -0.4 is 10.9 Å². The van der Waals surface area contributed by atoms with E-state index >= 15 is 0 Å². The molecule has 34 heavy (non-hydrogen) atoms. The van der Waals surface area contributed by atoms with Gasteiger partial charge < -0.3 is 4.74 Å². The van der Waals surface area contributed by atoms with Gasteiger partial charge in [0.15, 0.2) is 0 Å². The van der Waals surface area contributed by atoms with Crippen molar-refractivity contribution in [1.82, 2.24) is 20.8 Å². The second-order valence-electron chi connectivity index (χ2n) is 11.8. The maximum atomic E-state index is 13.7. The molecule has 0 radical (unpaired) electrons. The van der Waals surface area contributed by atoms with Crippen molar-refractivity contribution < 1.29 is 17.9 Å². The van der Waals surface area contributed by atoms with Crippen LogP contribution in [0.1, 0.15) is 60.3 Å². The number of rotatable bonds is 5. The molecule has 4 fully saturated rings. The van der Waals surface area contributed by atoms with Crippen molar-refractivity contribution in [3.8, 4) is 0 Å². The van der Waals surface area contributed by atoms with Crippen molar-refractivity contribution in [2.45, 2.75) is 96.4 Å².